The van der Waals surface area contributed by atoms with Crippen molar-refractivity contribution in [1.82, 2.24) is 10.2 Å². The molecule has 0 N–H and O–H groups in total. The number of para-hydroxylation sites is 1. The van der Waals surface area contributed by atoms with Gasteiger partial charge < -0.3 is 9.15 Å². The van der Waals surface area contributed by atoms with E-state index in [2.05, 4.69) is 32.7 Å². The third-order valence-corrected chi connectivity index (χ3v) is 3.65. The van der Waals surface area contributed by atoms with Crippen LogP contribution in [0.5, 0.6) is 5.75 Å². The van der Waals surface area contributed by atoms with Crippen molar-refractivity contribution in [3.63, 3.8) is 0 Å². The topological polar surface area (TPSA) is 48.2 Å². The van der Waals surface area contributed by atoms with Gasteiger partial charge in [0.25, 0.3) is 11.1 Å². The summed E-state index contributed by atoms with van der Waals surface area (Å²) in [6, 6.07) is 7.52. The normalized spacial score (nSPS) is 10.3. The van der Waals surface area contributed by atoms with Crippen LogP contribution in [0.3, 0.4) is 0 Å². The third-order valence-electron chi connectivity index (χ3n) is 2.10. The van der Waals surface area contributed by atoms with Gasteiger partial charge in [0.1, 0.15) is 5.75 Å². The van der Waals surface area contributed by atoms with Crippen LogP contribution in [0.4, 0.5) is 0 Å². The van der Waals surface area contributed by atoms with Crippen LogP contribution in [0.1, 0.15) is 0 Å². The molecule has 2 aromatic rings. The van der Waals surface area contributed by atoms with E-state index < -0.39 is 0 Å². The third kappa shape index (κ3) is 3.14. The molecule has 0 saturated heterocycles. The fraction of sp³-hybridized carbons (Fsp3) is 0.167. The Balaban J connectivity index is 2.21. The zero-order valence-electron chi connectivity index (χ0n) is 9.72. The Morgan fingerprint density at radius 1 is 1.44 bits per heavy atom. The molecule has 0 unspecified atom stereocenters. The molecule has 0 radical (unpaired) electrons. The average Bonchev–Trinajstić information content (AvgIpc) is 2.85. The summed E-state index contributed by atoms with van der Waals surface area (Å²) in [7, 11) is 1.61. The van der Waals surface area contributed by atoms with Gasteiger partial charge in [-0.15, -0.1) is 10.2 Å². The number of aromatic nitrogens is 2. The molecule has 0 saturated carbocycles. The van der Waals surface area contributed by atoms with Gasteiger partial charge >= 0.3 is 0 Å². The lowest BCUT2D eigenvalue weighted by molar-refractivity contribution is 0.411. The molecule has 1 aromatic carbocycles. The molecule has 6 heteroatoms. The van der Waals surface area contributed by atoms with Gasteiger partial charge in [0.05, 0.1) is 12.7 Å². The molecule has 0 amide bonds. The molecule has 1 aromatic heterocycles. The molecule has 0 bridgehead atoms. The smallest absolute Gasteiger partial charge is 0.277 e. The second-order valence-electron chi connectivity index (χ2n) is 3.38. The summed E-state index contributed by atoms with van der Waals surface area (Å²) in [5.41, 5.74) is 0.789. The van der Waals surface area contributed by atoms with E-state index in [0.29, 0.717) is 22.6 Å². The highest BCUT2D eigenvalue weighted by Crippen LogP contribution is 2.30. The van der Waals surface area contributed by atoms with Crippen molar-refractivity contribution in [2.75, 3.05) is 12.9 Å². The van der Waals surface area contributed by atoms with Crippen molar-refractivity contribution in [2.24, 2.45) is 0 Å². The van der Waals surface area contributed by atoms with Crippen LogP contribution in [-0.2, 0) is 0 Å². The Morgan fingerprint density at radius 2 is 2.22 bits per heavy atom. The predicted molar refractivity (Wildman–Crippen MR) is 75.1 cm³/mol. The van der Waals surface area contributed by atoms with E-state index in [1.807, 2.05) is 24.3 Å². The van der Waals surface area contributed by atoms with Crippen molar-refractivity contribution < 1.29 is 9.15 Å². The van der Waals surface area contributed by atoms with E-state index in [9.17, 15) is 0 Å². The average molecular weight is 327 g/mol. The van der Waals surface area contributed by atoms with Crippen LogP contribution < -0.4 is 4.74 Å². The van der Waals surface area contributed by atoms with Crippen LogP contribution in [0.15, 0.2) is 45.0 Å². The zero-order valence-corrected chi connectivity index (χ0v) is 12.1. The fourth-order valence-electron chi connectivity index (χ4n) is 1.34. The number of nitrogens with zero attached hydrogens (tertiary/aromatic N) is 2. The van der Waals surface area contributed by atoms with Gasteiger partial charge in [-0.25, -0.2) is 0 Å². The number of thioether (sulfide) groups is 1. The number of methoxy groups -OCH3 is 1. The number of halogens is 1. The monoisotopic (exact) mass is 326 g/mol. The zero-order chi connectivity index (χ0) is 13.0. The van der Waals surface area contributed by atoms with E-state index in [1.54, 1.807) is 7.11 Å². The van der Waals surface area contributed by atoms with Crippen LogP contribution >= 0.6 is 27.7 Å². The number of rotatable bonds is 5. The first-order valence-corrected chi connectivity index (χ1v) is 6.91. The van der Waals surface area contributed by atoms with Crippen LogP contribution in [-0.4, -0.2) is 23.1 Å². The standard InChI is InChI=1S/C12H11BrN2O2S/c1-8(13)7-18-12-15-14-11(17-12)9-5-3-4-6-10(9)16-2/h3-6H,1,7H2,2H3. The molecule has 18 heavy (non-hydrogen) atoms. The summed E-state index contributed by atoms with van der Waals surface area (Å²) in [6.07, 6.45) is 0. The minimum atomic E-state index is 0.454. The van der Waals surface area contributed by atoms with E-state index in [0.717, 1.165) is 10.0 Å². The number of hydrogen-bond donors (Lipinski definition) is 0. The number of ether oxygens (including phenoxy) is 1. The lowest BCUT2D eigenvalue weighted by Crippen LogP contribution is -1.87. The summed E-state index contributed by atoms with van der Waals surface area (Å²) >= 11 is 4.71. The van der Waals surface area contributed by atoms with Crippen LogP contribution in [0.25, 0.3) is 11.5 Å². The van der Waals surface area contributed by atoms with E-state index in [1.165, 1.54) is 11.8 Å². The lowest BCUT2D eigenvalue weighted by Gasteiger charge is -2.03. The first-order valence-electron chi connectivity index (χ1n) is 5.13. The van der Waals surface area contributed by atoms with Crippen molar-refractivity contribution in [3.8, 4) is 17.2 Å². The lowest BCUT2D eigenvalue weighted by atomic mass is 10.2. The molecular formula is C12H11BrN2O2S. The number of hydrogen-bond acceptors (Lipinski definition) is 5. The summed E-state index contributed by atoms with van der Waals surface area (Å²) in [5, 5.41) is 8.49. The molecule has 94 valence electrons. The largest absolute Gasteiger partial charge is 0.496 e. The molecule has 0 aliphatic heterocycles. The fourth-order valence-corrected chi connectivity index (χ4v) is 2.20. The van der Waals surface area contributed by atoms with E-state index in [4.69, 9.17) is 9.15 Å². The SMILES string of the molecule is C=C(Br)CSc1nnc(-c2ccccc2OC)o1. The highest BCUT2D eigenvalue weighted by atomic mass is 79.9. The number of benzene rings is 1. The Hall–Kier alpha value is -1.27. The Bertz CT molecular complexity index is 557. The molecule has 4 nitrogen and oxygen atoms in total. The maximum absolute atomic E-state index is 5.56. The van der Waals surface area contributed by atoms with Gasteiger partial charge in [-0.05, 0) is 16.6 Å². The van der Waals surface area contributed by atoms with Gasteiger partial charge in [-0.2, -0.15) is 0 Å². The highest BCUT2D eigenvalue weighted by Gasteiger charge is 2.13. The van der Waals surface area contributed by atoms with Gasteiger partial charge in [0, 0.05) is 5.75 Å². The second kappa shape index (κ2) is 6.06. The van der Waals surface area contributed by atoms with Gasteiger partial charge in [0.2, 0.25) is 0 Å². The van der Waals surface area contributed by atoms with Crippen molar-refractivity contribution >= 4 is 27.7 Å². The maximum atomic E-state index is 5.56. The molecule has 1 heterocycles. The molecular weight excluding hydrogens is 316 g/mol. The van der Waals surface area contributed by atoms with Crippen molar-refractivity contribution in [3.05, 3.63) is 35.3 Å². The molecule has 0 aliphatic rings. The first-order chi connectivity index (χ1) is 8.70. The highest BCUT2D eigenvalue weighted by molar-refractivity contribution is 9.11. The van der Waals surface area contributed by atoms with E-state index in [-0.39, 0.29) is 0 Å². The minimum absolute atomic E-state index is 0.454. The van der Waals surface area contributed by atoms with Gasteiger partial charge in [-0.3, -0.25) is 0 Å². The minimum Gasteiger partial charge on any atom is -0.496 e. The first kappa shape index (κ1) is 13.2. The Morgan fingerprint density at radius 3 is 2.94 bits per heavy atom. The summed E-state index contributed by atoms with van der Waals surface area (Å²) in [6.45, 7) is 3.75. The summed E-state index contributed by atoms with van der Waals surface area (Å²) in [4.78, 5) is 0. The summed E-state index contributed by atoms with van der Waals surface area (Å²) < 4.78 is 11.7. The van der Waals surface area contributed by atoms with E-state index >= 15 is 0 Å². The van der Waals surface area contributed by atoms with Crippen LogP contribution in [0, 0.1) is 0 Å². The van der Waals surface area contributed by atoms with Gasteiger partial charge in [-0.1, -0.05) is 46.4 Å². The molecule has 0 spiro atoms. The quantitative estimate of drug-likeness (QED) is 0.783. The van der Waals surface area contributed by atoms with Gasteiger partial charge in [0.15, 0.2) is 0 Å². The molecule has 0 atom stereocenters. The molecule has 0 fully saturated rings. The summed E-state index contributed by atoms with van der Waals surface area (Å²) in [5.74, 6) is 1.85. The Kier molecular flexibility index (Phi) is 4.43. The van der Waals surface area contributed by atoms with Crippen molar-refractivity contribution in [1.29, 1.82) is 0 Å². The molecule has 2 rings (SSSR count). The van der Waals surface area contributed by atoms with Crippen molar-refractivity contribution in [2.45, 2.75) is 5.22 Å². The van der Waals surface area contributed by atoms with Crippen LogP contribution in [0.2, 0.25) is 0 Å². The second-order valence-corrected chi connectivity index (χ2v) is 5.43. The Labute approximate surface area is 118 Å². The predicted octanol–water partition coefficient (Wildman–Crippen LogP) is 3.75. The molecule has 0 aliphatic carbocycles. The maximum Gasteiger partial charge on any atom is 0.277 e.